The molecule has 0 aromatic heterocycles. The summed E-state index contributed by atoms with van der Waals surface area (Å²) in [4.78, 5) is 21.5. The number of methoxy groups -OCH3 is 1. The summed E-state index contributed by atoms with van der Waals surface area (Å²) in [5, 5.41) is 10.7. The van der Waals surface area contributed by atoms with E-state index < -0.39 is 10.9 Å². The number of benzene rings is 1. The molecule has 86 valence electrons. The summed E-state index contributed by atoms with van der Waals surface area (Å²) in [6.45, 7) is 1.67. The molecule has 6 heteroatoms. The molecular weight excluding hydrogens is 234 g/mol. The second-order valence-corrected chi connectivity index (χ2v) is 3.43. The van der Waals surface area contributed by atoms with E-state index in [2.05, 4.69) is 4.74 Å². The Kier molecular flexibility index (Phi) is 3.84. The van der Waals surface area contributed by atoms with Gasteiger partial charge in [0.05, 0.1) is 17.6 Å². The topological polar surface area (TPSA) is 69.4 Å². The summed E-state index contributed by atoms with van der Waals surface area (Å²) in [7, 11) is 1.22. The van der Waals surface area contributed by atoms with Crippen molar-refractivity contribution in [3.05, 3.63) is 38.9 Å². The molecule has 0 radical (unpaired) electrons. The number of halogens is 1. The van der Waals surface area contributed by atoms with Crippen LogP contribution in [0.4, 0.5) is 5.69 Å². The Labute approximate surface area is 97.1 Å². The van der Waals surface area contributed by atoms with Crippen LogP contribution in [0.15, 0.2) is 12.1 Å². The summed E-state index contributed by atoms with van der Waals surface area (Å²) in [5.41, 5.74) is 1.16. The maximum atomic E-state index is 11.4. The summed E-state index contributed by atoms with van der Waals surface area (Å²) in [5.74, 6) is -0.495. The third kappa shape index (κ3) is 2.30. The first kappa shape index (κ1) is 12.4. The molecule has 0 fully saturated rings. The summed E-state index contributed by atoms with van der Waals surface area (Å²) in [6.07, 6.45) is 0. The molecule has 1 aromatic carbocycles. The van der Waals surface area contributed by atoms with Crippen molar-refractivity contribution in [2.75, 3.05) is 7.11 Å². The van der Waals surface area contributed by atoms with Gasteiger partial charge >= 0.3 is 5.97 Å². The van der Waals surface area contributed by atoms with Gasteiger partial charge in [0.1, 0.15) is 0 Å². The van der Waals surface area contributed by atoms with E-state index in [-0.39, 0.29) is 17.1 Å². The van der Waals surface area contributed by atoms with Crippen molar-refractivity contribution >= 4 is 23.3 Å². The van der Waals surface area contributed by atoms with Crippen LogP contribution in [0, 0.1) is 17.0 Å². The van der Waals surface area contributed by atoms with Gasteiger partial charge in [-0.25, -0.2) is 4.79 Å². The van der Waals surface area contributed by atoms with E-state index in [1.165, 1.54) is 19.2 Å². The third-order valence-corrected chi connectivity index (χ3v) is 2.55. The lowest BCUT2D eigenvalue weighted by Gasteiger charge is -2.07. The number of nitro benzene ring substituents is 1. The van der Waals surface area contributed by atoms with Crippen LogP contribution in [-0.4, -0.2) is 18.0 Å². The van der Waals surface area contributed by atoms with Crippen molar-refractivity contribution in [1.29, 1.82) is 0 Å². The number of hydrogen-bond acceptors (Lipinski definition) is 4. The van der Waals surface area contributed by atoms with E-state index in [0.717, 1.165) is 0 Å². The number of ether oxygens (including phenoxy) is 1. The van der Waals surface area contributed by atoms with Gasteiger partial charge in [-0.2, -0.15) is 0 Å². The SMILES string of the molecule is COC(=O)c1cc([N+](=O)[O-])cc(CCl)c1C. The number of esters is 1. The molecule has 1 aromatic rings. The van der Waals surface area contributed by atoms with Crippen LogP contribution in [0.3, 0.4) is 0 Å². The highest BCUT2D eigenvalue weighted by atomic mass is 35.5. The number of non-ortho nitro benzene ring substituents is 1. The highest BCUT2D eigenvalue weighted by Gasteiger charge is 2.18. The van der Waals surface area contributed by atoms with Crippen LogP contribution in [-0.2, 0) is 10.6 Å². The Balaban J connectivity index is 3.41. The number of nitro groups is 1. The number of rotatable bonds is 3. The van der Waals surface area contributed by atoms with Crippen LogP contribution >= 0.6 is 11.6 Å². The third-order valence-electron chi connectivity index (χ3n) is 2.26. The van der Waals surface area contributed by atoms with Crippen LogP contribution in [0.5, 0.6) is 0 Å². The predicted molar refractivity (Wildman–Crippen MR) is 58.7 cm³/mol. The first-order valence-corrected chi connectivity index (χ1v) is 4.97. The fraction of sp³-hybridized carbons (Fsp3) is 0.300. The minimum atomic E-state index is -0.604. The van der Waals surface area contributed by atoms with Gasteiger partial charge in [0.2, 0.25) is 0 Å². The summed E-state index contributed by atoms with van der Waals surface area (Å²) in [6, 6.07) is 2.55. The molecule has 0 aliphatic carbocycles. The molecule has 0 saturated heterocycles. The van der Waals surface area contributed by atoms with Crippen molar-refractivity contribution < 1.29 is 14.5 Å². The maximum Gasteiger partial charge on any atom is 0.338 e. The van der Waals surface area contributed by atoms with Crippen LogP contribution < -0.4 is 0 Å². The van der Waals surface area contributed by atoms with Crippen LogP contribution in [0.25, 0.3) is 0 Å². The van der Waals surface area contributed by atoms with Gasteiger partial charge in [-0.15, -0.1) is 11.6 Å². The van der Waals surface area contributed by atoms with E-state index in [4.69, 9.17) is 11.6 Å². The molecule has 0 spiro atoms. The maximum absolute atomic E-state index is 11.4. The summed E-state index contributed by atoms with van der Waals surface area (Å²) >= 11 is 5.65. The van der Waals surface area contributed by atoms with Gasteiger partial charge in [0, 0.05) is 18.0 Å². The average molecular weight is 244 g/mol. The highest BCUT2D eigenvalue weighted by Crippen LogP contribution is 2.24. The van der Waals surface area contributed by atoms with Crippen molar-refractivity contribution in [3.63, 3.8) is 0 Å². The molecule has 0 saturated carbocycles. The highest BCUT2D eigenvalue weighted by molar-refractivity contribution is 6.17. The lowest BCUT2D eigenvalue weighted by Crippen LogP contribution is -2.07. The molecule has 0 amide bonds. The van der Waals surface area contributed by atoms with E-state index >= 15 is 0 Å². The van der Waals surface area contributed by atoms with Gasteiger partial charge in [-0.1, -0.05) is 0 Å². The zero-order valence-corrected chi connectivity index (χ0v) is 9.58. The molecule has 0 bridgehead atoms. The van der Waals surface area contributed by atoms with Crippen LogP contribution in [0.2, 0.25) is 0 Å². The van der Waals surface area contributed by atoms with Crippen molar-refractivity contribution in [2.45, 2.75) is 12.8 Å². The normalized spacial score (nSPS) is 9.94. The number of alkyl halides is 1. The largest absolute Gasteiger partial charge is 0.465 e. The standard InChI is InChI=1S/C10H10ClNO4/c1-6-7(5-11)3-8(12(14)15)4-9(6)10(13)16-2/h3-4H,5H2,1-2H3. The van der Waals surface area contributed by atoms with E-state index in [1.54, 1.807) is 6.92 Å². The molecule has 0 N–H and O–H groups in total. The van der Waals surface area contributed by atoms with Crippen molar-refractivity contribution in [2.24, 2.45) is 0 Å². The van der Waals surface area contributed by atoms with Gasteiger partial charge in [0.25, 0.3) is 5.69 Å². The molecular formula is C10H10ClNO4. The average Bonchev–Trinajstić information content (AvgIpc) is 2.28. The molecule has 16 heavy (non-hydrogen) atoms. The monoisotopic (exact) mass is 243 g/mol. The van der Waals surface area contributed by atoms with Crippen molar-refractivity contribution in [1.82, 2.24) is 0 Å². The number of nitrogens with zero attached hydrogens (tertiary/aromatic N) is 1. The van der Waals surface area contributed by atoms with Crippen LogP contribution in [0.1, 0.15) is 21.5 Å². The van der Waals surface area contributed by atoms with Gasteiger partial charge < -0.3 is 4.74 Å². The summed E-state index contributed by atoms with van der Waals surface area (Å²) < 4.78 is 4.55. The van der Waals surface area contributed by atoms with E-state index in [0.29, 0.717) is 11.1 Å². The fourth-order valence-corrected chi connectivity index (χ4v) is 1.60. The smallest absolute Gasteiger partial charge is 0.338 e. The second kappa shape index (κ2) is 4.94. The van der Waals surface area contributed by atoms with Gasteiger partial charge in [0.15, 0.2) is 0 Å². The molecule has 0 atom stereocenters. The molecule has 0 heterocycles. The molecule has 0 aliphatic heterocycles. The number of hydrogen-bond donors (Lipinski definition) is 0. The fourth-order valence-electron chi connectivity index (χ4n) is 1.32. The van der Waals surface area contributed by atoms with Crippen molar-refractivity contribution in [3.8, 4) is 0 Å². The van der Waals surface area contributed by atoms with E-state index in [1.807, 2.05) is 0 Å². The lowest BCUT2D eigenvalue weighted by molar-refractivity contribution is -0.384. The van der Waals surface area contributed by atoms with Gasteiger partial charge in [-0.05, 0) is 18.1 Å². The lowest BCUT2D eigenvalue weighted by atomic mass is 10.0. The first-order chi connectivity index (χ1) is 7.51. The Morgan fingerprint density at radius 2 is 2.19 bits per heavy atom. The number of carbonyl (C=O) groups excluding carboxylic acids is 1. The Bertz CT molecular complexity index is 445. The Morgan fingerprint density at radius 3 is 2.62 bits per heavy atom. The minimum Gasteiger partial charge on any atom is -0.465 e. The zero-order chi connectivity index (χ0) is 12.3. The first-order valence-electron chi connectivity index (χ1n) is 4.43. The molecule has 1 rings (SSSR count). The number of carbonyl (C=O) groups is 1. The molecule has 5 nitrogen and oxygen atoms in total. The second-order valence-electron chi connectivity index (χ2n) is 3.16. The Morgan fingerprint density at radius 1 is 1.56 bits per heavy atom. The molecule has 0 unspecified atom stereocenters. The van der Waals surface area contributed by atoms with E-state index in [9.17, 15) is 14.9 Å². The molecule has 0 aliphatic rings. The predicted octanol–water partition coefficient (Wildman–Crippen LogP) is 2.43. The Hall–Kier alpha value is -1.62. The van der Waals surface area contributed by atoms with Gasteiger partial charge in [-0.3, -0.25) is 10.1 Å². The minimum absolute atomic E-state index is 0.109. The quantitative estimate of drug-likeness (QED) is 0.354. The zero-order valence-electron chi connectivity index (χ0n) is 8.82.